The molecular weight excluding hydrogens is 472 g/mol. The quantitative estimate of drug-likeness (QED) is 0.390. The van der Waals surface area contributed by atoms with Crippen LogP contribution in [0.3, 0.4) is 0 Å². The van der Waals surface area contributed by atoms with Gasteiger partial charge in [0.1, 0.15) is 16.1 Å². The topological polar surface area (TPSA) is 101 Å². The summed E-state index contributed by atoms with van der Waals surface area (Å²) in [4.78, 5) is 7.96. The van der Waals surface area contributed by atoms with Crippen LogP contribution >= 0.6 is 46.6 Å². The summed E-state index contributed by atoms with van der Waals surface area (Å²) in [5.41, 5.74) is 0.479. The Morgan fingerprint density at radius 3 is 2.32 bits per heavy atom. The highest BCUT2D eigenvalue weighted by atomic mass is 35.5. The van der Waals surface area contributed by atoms with E-state index in [9.17, 15) is 12.8 Å². The van der Waals surface area contributed by atoms with Gasteiger partial charge in [-0.3, -0.25) is 0 Å². The average molecular weight is 489 g/mol. The summed E-state index contributed by atoms with van der Waals surface area (Å²) in [6.45, 7) is 2.35. The third-order valence-corrected chi connectivity index (χ3v) is 6.13. The van der Waals surface area contributed by atoms with Crippen LogP contribution in [0.15, 0.2) is 29.4 Å². The third kappa shape index (κ3) is 7.60. The molecule has 0 bridgehead atoms. The van der Waals surface area contributed by atoms with E-state index < -0.39 is 16.0 Å². The molecule has 0 amide bonds. The second-order valence-corrected chi connectivity index (χ2v) is 9.16. The van der Waals surface area contributed by atoms with Crippen LogP contribution in [0.1, 0.15) is 5.56 Å². The van der Waals surface area contributed by atoms with Crippen molar-refractivity contribution in [2.75, 3.05) is 26.2 Å². The van der Waals surface area contributed by atoms with Crippen molar-refractivity contribution in [3.63, 3.8) is 0 Å². The van der Waals surface area contributed by atoms with Crippen molar-refractivity contribution in [2.45, 2.75) is 10.9 Å². The molecule has 0 aliphatic carbocycles. The minimum absolute atomic E-state index is 0.0955. The molecule has 3 N–H and O–H groups in total. The van der Waals surface area contributed by atoms with Gasteiger partial charge in [-0.25, -0.2) is 19.5 Å². The van der Waals surface area contributed by atoms with Crippen molar-refractivity contribution in [1.29, 1.82) is 0 Å². The Balaban J connectivity index is 0.000000237. The van der Waals surface area contributed by atoms with E-state index in [1.165, 1.54) is 28.2 Å². The van der Waals surface area contributed by atoms with Gasteiger partial charge in [-0.05, 0) is 11.6 Å². The summed E-state index contributed by atoms with van der Waals surface area (Å²) in [6, 6.07) is 6.28. The molecule has 1 aromatic heterocycles. The molecule has 1 fully saturated rings. The van der Waals surface area contributed by atoms with Gasteiger partial charge in [0, 0.05) is 38.0 Å². The molecular formula is C15H17Cl3FN5O2S2. The van der Waals surface area contributed by atoms with Crippen molar-refractivity contribution in [3.05, 3.63) is 51.0 Å². The highest BCUT2D eigenvalue weighted by Gasteiger charge is 2.18. The SMILES string of the molecule is Fc1c(Cl)cccc1CSc1nc(Cl)cc(Cl)n1.NS(=O)(=O)N1CCNCC1. The first-order valence-corrected chi connectivity index (χ1v) is 11.5. The fourth-order valence-electron chi connectivity index (χ4n) is 2.14. The molecule has 2 heterocycles. The van der Waals surface area contributed by atoms with Gasteiger partial charge in [-0.2, -0.15) is 12.7 Å². The van der Waals surface area contributed by atoms with Crippen LogP contribution in [0.4, 0.5) is 4.39 Å². The Bertz CT molecular complexity index is 894. The second kappa shape index (κ2) is 10.9. The molecule has 7 nitrogen and oxygen atoms in total. The van der Waals surface area contributed by atoms with Gasteiger partial charge >= 0.3 is 0 Å². The van der Waals surface area contributed by atoms with Gasteiger partial charge in [0.25, 0.3) is 10.2 Å². The highest BCUT2D eigenvalue weighted by molar-refractivity contribution is 7.98. The number of nitrogens with two attached hydrogens (primary N) is 1. The standard InChI is InChI=1S/C11H6Cl3FN2S.C4H11N3O2S/c12-7-3-1-2-6(10(7)15)5-18-11-16-8(13)4-9(14)17-11;5-10(8,9)7-3-1-6-2-4-7/h1-4H,5H2;6H,1-4H2,(H2,5,8,9). The van der Waals surface area contributed by atoms with Crippen LogP contribution in [0.2, 0.25) is 15.3 Å². The molecule has 0 atom stereocenters. The summed E-state index contributed by atoms with van der Waals surface area (Å²) in [7, 11) is -3.43. The van der Waals surface area contributed by atoms with Gasteiger partial charge in [-0.1, -0.05) is 58.7 Å². The first kappa shape index (κ1) is 23.6. The molecule has 1 aliphatic rings. The maximum Gasteiger partial charge on any atom is 0.276 e. The Morgan fingerprint density at radius 2 is 1.79 bits per heavy atom. The summed E-state index contributed by atoms with van der Waals surface area (Å²) in [6.07, 6.45) is 0. The van der Waals surface area contributed by atoms with E-state index in [0.29, 0.717) is 42.7 Å². The van der Waals surface area contributed by atoms with Gasteiger partial charge in [0.05, 0.1) is 5.02 Å². The summed E-state index contributed by atoms with van der Waals surface area (Å²) >= 11 is 18.4. The Hall–Kier alpha value is -0.720. The first-order chi connectivity index (χ1) is 13.2. The van der Waals surface area contributed by atoms with Crippen molar-refractivity contribution in [3.8, 4) is 0 Å². The van der Waals surface area contributed by atoms with Gasteiger partial charge in [0.15, 0.2) is 5.16 Å². The molecule has 13 heteroatoms. The minimum atomic E-state index is -3.43. The van der Waals surface area contributed by atoms with E-state index in [1.807, 2.05) is 0 Å². The molecule has 154 valence electrons. The van der Waals surface area contributed by atoms with Gasteiger partial charge < -0.3 is 5.32 Å². The lowest BCUT2D eigenvalue weighted by Crippen LogP contribution is -2.48. The zero-order valence-electron chi connectivity index (χ0n) is 14.4. The number of nitrogens with one attached hydrogen (secondary N) is 1. The predicted octanol–water partition coefficient (Wildman–Crippen LogP) is 2.96. The molecule has 0 radical (unpaired) electrons. The molecule has 0 spiro atoms. The Morgan fingerprint density at radius 1 is 1.18 bits per heavy atom. The lowest BCUT2D eigenvalue weighted by atomic mass is 10.2. The smallest absolute Gasteiger partial charge is 0.276 e. The molecule has 0 unspecified atom stereocenters. The molecule has 3 rings (SSSR count). The predicted molar refractivity (Wildman–Crippen MR) is 111 cm³/mol. The number of nitrogens with zero attached hydrogens (tertiary/aromatic N) is 3. The summed E-state index contributed by atoms with van der Waals surface area (Å²) < 4.78 is 36.2. The van der Waals surface area contributed by atoms with E-state index in [0.717, 1.165) is 0 Å². The number of piperazine rings is 1. The molecule has 1 aromatic carbocycles. The van der Waals surface area contributed by atoms with Gasteiger partial charge in [0.2, 0.25) is 0 Å². The van der Waals surface area contributed by atoms with E-state index >= 15 is 0 Å². The van der Waals surface area contributed by atoms with Crippen LogP contribution in [0.25, 0.3) is 0 Å². The summed E-state index contributed by atoms with van der Waals surface area (Å²) in [5.74, 6) is -0.0805. The second-order valence-electron chi connectivity index (χ2n) is 5.49. The fourth-order valence-corrected chi connectivity index (χ4v) is 4.38. The fraction of sp³-hybridized carbons (Fsp3) is 0.333. The van der Waals surface area contributed by atoms with E-state index in [4.69, 9.17) is 39.9 Å². The number of hydrogen-bond acceptors (Lipinski definition) is 6. The average Bonchev–Trinajstić information content (AvgIpc) is 2.63. The van der Waals surface area contributed by atoms with Crippen LogP contribution in [-0.2, 0) is 16.0 Å². The zero-order valence-corrected chi connectivity index (χ0v) is 18.3. The van der Waals surface area contributed by atoms with Crippen LogP contribution in [0.5, 0.6) is 0 Å². The van der Waals surface area contributed by atoms with E-state index in [1.54, 1.807) is 12.1 Å². The molecule has 0 saturated carbocycles. The Kier molecular flexibility index (Phi) is 9.16. The van der Waals surface area contributed by atoms with Crippen molar-refractivity contribution < 1.29 is 12.8 Å². The summed E-state index contributed by atoms with van der Waals surface area (Å²) in [5, 5.41) is 8.90. The van der Waals surface area contributed by atoms with Crippen molar-refractivity contribution in [2.24, 2.45) is 5.14 Å². The number of thioether (sulfide) groups is 1. The number of rotatable bonds is 4. The maximum absolute atomic E-state index is 13.6. The monoisotopic (exact) mass is 487 g/mol. The lowest BCUT2D eigenvalue weighted by molar-refractivity contribution is 0.360. The number of benzene rings is 1. The van der Waals surface area contributed by atoms with Gasteiger partial charge in [-0.15, -0.1) is 0 Å². The van der Waals surface area contributed by atoms with Crippen molar-refractivity contribution in [1.82, 2.24) is 19.6 Å². The zero-order chi connectivity index (χ0) is 20.7. The number of halogens is 4. The molecule has 2 aromatic rings. The molecule has 1 saturated heterocycles. The maximum atomic E-state index is 13.6. The lowest BCUT2D eigenvalue weighted by Gasteiger charge is -2.24. The molecule has 28 heavy (non-hydrogen) atoms. The largest absolute Gasteiger partial charge is 0.314 e. The Labute approximate surface area is 181 Å². The van der Waals surface area contributed by atoms with E-state index in [2.05, 4.69) is 15.3 Å². The van der Waals surface area contributed by atoms with Crippen LogP contribution in [-0.4, -0.2) is 48.9 Å². The highest BCUT2D eigenvalue weighted by Crippen LogP contribution is 2.26. The van der Waals surface area contributed by atoms with E-state index in [-0.39, 0.29) is 15.3 Å². The van der Waals surface area contributed by atoms with Crippen molar-refractivity contribution >= 4 is 56.8 Å². The first-order valence-electron chi connectivity index (χ1n) is 7.91. The molecule has 1 aliphatic heterocycles. The number of hydrogen-bond donors (Lipinski definition) is 2. The minimum Gasteiger partial charge on any atom is -0.314 e. The van der Waals surface area contributed by atoms with Crippen LogP contribution in [0, 0.1) is 5.82 Å². The number of aromatic nitrogens is 2. The third-order valence-electron chi connectivity index (χ3n) is 3.47. The van der Waals surface area contributed by atoms with Crippen LogP contribution < -0.4 is 10.5 Å². The normalized spacial score (nSPS) is 15.0.